The first kappa shape index (κ1) is 48.3. The van der Waals surface area contributed by atoms with Crippen LogP contribution in [-0.2, 0) is 42.7 Å². The Bertz CT molecular complexity index is 3360. The van der Waals surface area contributed by atoms with Gasteiger partial charge in [-0.25, -0.2) is 4.98 Å². The summed E-state index contributed by atoms with van der Waals surface area (Å²) in [4.78, 5) is 9.56. The topological polar surface area (TPSA) is 33.5 Å². The van der Waals surface area contributed by atoms with Gasteiger partial charge in [0, 0.05) is 61.1 Å². The molecule has 0 radical (unpaired) electrons. The number of para-hydroxylation sites is 1. The molecule has 0 saturated carbocycles. The Balaban J connectivity index is 0.00000608. The van der Waals surface area contributed by atoms with Crippen molar-refractivity contribution in [3.8, 4) is 17.3 Å². The van der Waals surface area contributed by atoms with Gasteiger partial charge in [0.15, 0.2) is 0 Å². The van der Waals surface area contributed by atoms with E-state index in [0.29, 0.717) is 11.5 Å². The smallest absolute Gasteiger partial charge is 0.135 e. The zero-order chi connectivity index (χ0) is 48.3. The van der Waals surface area contributed by atoms with E-state index in [1.54, 1.807) is 0 Å². The third kappa shape index (κ3) is 9.13. The van der Waals surface area contributed by atoms with Gasteiger partial charge in [0.05, 0.1) is 0 Å². The summed E-state index contributed by atoms with van der Waals surface area (Å²) in [6.45, 7) is 24.9. The molecule has 1 aliphatic heterocycles. The largest absolute Gasteiger partial charge is 0.509 e. The second-order valence-electron chi connectivity index (χ2n) is 21.6. The van der Waals surface area contributed by atoms with Crippen molar-refractivity contribution in [2.45, 2.75) is 90.9 Å². The molecule has 1 aliphatic rings. The van der Waals surface area contributed by atoms with E-state index >= 15 is 0 Å². The van der Waals surface area contributed by atoms with E-state index in [-0.39, 0.29) is 37.3 Å². The van der Waals surface area contributed by atoms with Crippen LogP contribution in [0.15, 0.2) is 182 Å². The summed E-state index contributed by atoms with van der Waals surface area (Å²) in [5.41, 5.74) is 12.4. The minimum atomic E-state index is -0.425. The normalized spacial score (nSPS) is 13.4. The first-order valence-electron chi connectivity index (χ1n) is 24.1. The van der Waals surface area contributed by atoms with Gasteiger partial charge in [0.1, 0.15) is 5.82 Å². The van der Waals surface area contributed by atoms with Gasteiger partial charge in [0.2, 0.25) is 0 Å². The number of fused-ring (bicyclic) bond motifs is 3. The van der Waals surface area contributed by atoms with Crippen LogP contribution >= 0.6 is 0 Å². The molecular weight excluding hydrogens is 1040 g/mol. The fourth-order valence-electron chi connectivity index (χ4n) is 9.70. The van der Waals surface area contributed by atoms with E-state index in [2.05, 4.69) is 278 Å². The maximum absolute atomic E-state index is 7.17. The Morgan fingerprint density at radius 1 is 0.529 bits per heavy atom. The number of rotatable bonds is 10. The molecule has 0 saturated heterocycles. The van der Waals surface area contributed by atoms with Crippen molar-refractivity contribution in [1.29, 1.82) is 0 Å². The minimum absolute atomic E-state index is 0. The fourth-order valence-corrected chi connectivity index (χ4v) is 9.70. The molecule has 10 rings (SSSR count). The summed E-state index contributed by atoms with van der Waals surface area (Å²) in [7, 11) is 0. The SMILES string of the molecule is CC(C)(C)c1cc(Oc2[c-]c3c(c(C(C)(C)c4ccccc4)c2)c2ccccc2n3-c2cc(C(C)(C)c3ccccc3)ccn2)[c-]c(N2C=C(c3ccccc3)N(c3cccc(C(C)(C)C)c3)[CH-]2)c1.[Pt]. The van der Waals surface area contributed by atoms with Crippen molar-refractivity contribution in [2.75, 3.05) is 9.80 Å². The Kier molecular flexibility index (Phi) is 12.8. The molecule has 70 heavy (non-hydrogen) atoms. The summed E-state index contributed by atoms with van der Waals surface area (Å²) < 4.78 is 9.44. The summed E-state index contributed by atoms with van der Waals surface area (Å²) in [5, 5.41) is 2.26. The molecule has 9 aromatic rings. The molecule has 0 fully saturated rings. The van der Waals surface area contributed by atoms with Crippen molar-refractivity contribution in [1.82, 2.24) is 9.55 Å². The molecule has 7 aromatic carbocycles. The number of ether oxygens (including phenoxy) is 1. The molecule has 6 heteroatoms. The molecule has 0 N–H and O–H groups in total. The average molecular weight is 1100 g/mol. The summed E-state index contributed by atoms with van der Waals surface area (Å²) in [6.07, 6.45) is 4.15. The second-order valence-corrected chi connectivity index (χ2v) is 21.6. The van der Waals surface area contributed by atoms with Crippen LogP contribution in [0.2, 0.25) is 0 Å². The van der Waals surface area contributed by atoms with Gasteiger partial charge in [-0.2, -0.15) is 0 Å². The van der Waals surface area contributed by atoms with Crippen LogP contribution in [0.3, 0.4) is 0 Å². The van der Waals surface area contributed by atoms with Crippen LogP contribution in [0, 0.1) is 18.8 Å². The molecule has 2 aromatic heterocycles. The standard InChI is InChI=1S/C64H61N4O.Pt/c1-61(2,3)47-29-22-30-50(35-47)67-43-66(42-58(67)44-23-14-11-15-24-44)51-36-49(62(4,5)6)37-52(39-51)69-53-40-55(64(9,10)46-27-18-13-19-28-46)60-54-31-20-21-32-56(54)68(57(60)41-53)59-38-48(33-34-65-59)63(7,8)45-25-16-12-17-26-45;/h11-38,40,42-43H,1-10H3;/q-3;. The molecule has 356 valence electrons. The average Bonchev–Trinajstić information content (AvgIpc) is 3.95. The number of hydrogen-bond donors (Lipinski definition) is 0. The molecule has 0 amide bonds. The van der Waals surface area contributed by atoms with Crippen molar-refractivity contribution in [3.63, 3.8) is 0 Å². The van der Waals surface area contributed by atoms with Gasteiger partial charge in [-0.1, -0.05) is 201 Å². The molecule has 0 unspecified atom stereocenters. The summed E-state index contributed by atoms with van der Waals surface area (Å²) in [5.74, 6) is 2.04. The third-order valence-electron chi connectivity index (χ3n) is 14.0. The van der Waals surface area contributed by atoms with Gasteiger partial charge >= 0.3 is 0 Å². The Labute approximate surface area is 429 Å². The predicted octanol–water partition coefficient (Wildman–Crippen LogP) is 16.3. The maximum atomic E-state index is 7.17. The number of benzene rings is 7. The monoisotopic (exact) mass is 1100 g/mol. The number of hydrogen-bond acceptors (Lipinski definition) is 4. The van der Waals surface area contributed by atoms with E-state index in [0.717, 1.165) is 61.4 Å². The molecule has 5 nitrogen and oxygen atoms in total. The van der Waals surface area contributed by atoms with Crippen molar-refractivity contribution >= 4 is 38.9 Å². The fraction of sp³-hybridized carbons (Fsp3) is 0.219. The molecule has 0 spiro atoms. The van der Waals surface area contributed by atoms with E-state index in [4.69, 9.17) is 9.72 Å². The first-order chi connectivity index (χ1) is 33.0. The number of anilines is 2. The van der Waals surface area contributed by atoms with Crippen LogP contribution < -0.4 is 14.5 Å². The van der Waals surface area contributed by atoms with E-state index in [1.807, 2.05) is 6.20 Å². The zero-order valence-corrected chi connectivity index (χ0v) is 44.2. The van der Waals surface area contributed by atoms with Gasteiger partial charge in [-0.05, 0) is 86.0 Å². The second kappa shape index (κ2) is 18.6. The Morgan fingerprint density at radius 2 is 1.13 bits per heavy atom. The molecule has 0 aliphatic carbocycles. The quantitative estimate of drug-likeness (QED) is 0.128. The summed E-state index contributed by atoms with van der Waals surface area (Å²) >= 11 is 0. The molecular formula is C64H61N4OPt-3. The van der Waals surface area contributed by atoms with Crippen LogP contribution in [0.4, 0.5) is 11.4 Å². The van der Waals surface area contributed by atoms with Crippen molar-refractivity contribution < 1.29 is 25.8 Å². The number of nitrogens with zero attached hydrogens (tertiary/aromatic N) is 4. The van der Waals surface area contributed by atoms with Crippen molar-refractivity contribution in [3.05, 3.63) is 240 Å². The molecule has 0 bridgehead atoms. The minimum Gasteiger partial charge on any atom is -0.509 e. The van der Waals surface area contributed by atoms with E-state index < -0.39 is 5.41 Å². The van der Waals surface area contributed by atoms with Crippen LogP contribution in [0.5, 0.6) is 11.5 Å². The Hall–Kier alpha value is -6.68. The third-order valence-corrected chi connectivity index (χ3v) is 14.0. The van der Waals surface area contributed by atoms with Crippen molar-refractivity contribution in [2.24, 2.45) is 0 Å². The number of aromatic nitrogens is 2. The van der Waals surface area contributed by atoms with Gasteiger partial charge in [-0.3, -0.25) is 0 Å². The molecule has 3 heterocycles. The predicted molar refractivity (Wildman–Crippen MR) is 287 cm³/mol. The van der Waals surface area contributed by atoms with Gasteiger partial charge in [-0.15, -0.1) is 53.8 Å². The summed E-state index contributed by atoms with van der Waals surface area (Å²) in [6, 6.07) is 68.1. The molecule has 0 atom stereocenters. The van der Waals surface area contributed by atoms with Gasteiger partial charge < -0.3 is 19.1 Å². The van der Waals surface area contributed by atoms with Gasteiger partial charge in [0.25, 0.3) is 0 Å². The van der Waals surface area contributed by atoms with E-state index in [1.165, 1.54) is 22.3 Å². The Morgan fingerprint density at radius 3 is 1.80 bits per heavy atom. The van der Waals surface area contributed by atoms with E-state index in [9.17, 15) is 0 Å². The zero-order valence-electron chi connectivity index (χ0n) is 41.9. The van der Waals surface area contributed by atoms with Crippen LogP contribution in [-0.4, -0.2) is 9.55 Å². The van der Waals surface area contributed by atoms with Crippen LogP contribution in [0.1, 0.15) is 108 Å². The first-order valence-corrected chi connectivity index (χ1v) is 24.1. The van der Waals surface area contributed by atoms with Crippen LogP contribution in [0.25, 0.3) is 33.3 Å². The number of pyridine rings is 1. The maximum Gasteiger partial charge on any atom is 0.135 e.